The van der Waals surface area contributed by atoms with Gasteiger partial charge in [-0.3, -0.25) is 9.78 Å². The molecule has 32 heavy (non-hydrogen) atoms. The number of benzene rings is 2. The standard InChI is InChI=1S/C21H16Cl3N3O4S/c22-16-6-1-12(7-19(16)31-21-17(23)9-26-10-18(21)24)13-8-20(28)27(11-13)14-2-4-15(5-3-14)32(25,29)30/h1-7,9-10,13H,8,11H2,(H2,25,29,30)/t13-/m0/s1. The minimum absolute atomic E-state index is 0.0163. The topological polar surface area (TPSA) is 103 Å². The van der Waals surface area contributed by atoms with E-state index in [1.54, 1.807) is 29.2 Å². The van der Waals surface area contributed by atoms with E-state index >= 15 is 0 Å². The van der Waals surface area contributed by atoms with Crippen molar-refractivity contribution >= 4 is 56.4 Å². The molecule has 0 saturated carbocycles. The van der Waals surface area contributed by atoms with E-state index in [1.807, 2.05) is 6.07 Å². The van der Waals surface area contributed by atoms with E-state index in [2.05, 4.69) is 4.98 Å². The second-order valence-corrected chi connectivity index (χ2v) is 9.95. The maximum absolute atomic E-state index is 12.7. The molecule has 1 aromatic heterocycles. The highest BCUT2D eigenvalue weighted by molar-refractivity contribution is 7.89. The van der Waals surface area contributed by atoms with Crippen molar-refractivity contribution in [3.63, 3.8) is 0 Å². The first-order chi connectivity index (χ1) is 15.1. The van der Waals surface area contributed by atoms with Crippen LogP contribution in [0.25, 0.3) is 0 Å². The van der Waals surface area contributed by atoms with Crippen LogP contribution in [-0.4, -0.2) is 25.9 Å². The second kappa shape index (κ2) is 8.88. The number of primary sulfonamides is 1. The zero-order valence-electron chi connectivity index (χ0n) is 16.3. The number of carbonyl (C=O) groups is 1. The Hall–Kier alpha value is -2.36. The third-order valence-corrected chi connectivity index (χ3v) is 6.83. The van der Waals surface area contributed by atoms with Crippen LogP contribution in [0.1, 0.15) is 17.9 Å². The molecule has 0 unspecified atom stereocenters. The SMILES string of the molecule is NS(=O)(=O)c1ccc(N2C[C@@H](c3ccc(Cl)c(Oc4c(Cl)cncc4Cl)c3)CC2=O)cc1. The molecular weight excluding hydrogens is 497 g/mol. The molecule has 166 valence electrons. The summed E-state index contributed by atoms with van der Waals surface area (Å²) >= 11 is 18.6. The molecule has 3 aromatic rings. The summed E-state index contributed by atoms with van der Waals surface area (Å²) in [5.74, 6) is 0.378. The molecule has 1 aliphatic heterocycles. The van der Waals surface area contributed by atoms with E-state index in [0.29, 0.717) is 23.0 Å². The summed E-state index contributed by atoms with van der Waals surface area (Å²) in [6, 6.07) is 11.1. The van der Waals surface area contributed by atoms with Crippen molar-refractivity contribution in [3.05, 3.63) is 75.5 Å². The normalized spacial score (nSPS) is 16.4. The fourth-order valence-corrected chi connectivity index (χ4v) is 4.57. The van der Waals surface area contributed by atoms with Crippen LogP contribution in [0.2, 0.25) is 15.1 Å². The quantitative estimate of drug-likeness (QED) is 0.518. The molecule has 0 spiro atoms. The van der Waals surface area contributed by atoms with Gasteiger partial charge in [0.15, 0.2) is 5.75 Å². The van der Waals surface area contributed by atoms with Gasteiger partial charge in [0.1, 0.15) is 15.8 Å². The maximum Gasteiger partial charge on any atom is 0.238 e. The lowest BCUT2D eigenvalue weighted by Crippen LogP contribution is -2.24. The van der Waals surface area contributed by atoms with E-state index < -0.39 is 10.0 Å². The molecule has 2 aromatic carbocycles. The van der Waals surface area contributed by atoms with Gasteiger partial charge in [-0.1, -0.05) is 40.9 Å². The van der Waals surface area contributed by atoms with Crippen LogP contribution in [0, 0.1) is 0 Å². The average Bonchev–Trinajstić information content (AvgIpc) is 3.13. The summed E-state index contributed by atoms with van der Waals surface area (Å²) < 4.78 is 28.8. The smallest absolute Gasteiger partial charge is 0.238 e. The predicted molar refractivity (Wildman–Crippen MR) is 123 cm³/mol. The van der Waals surface area contributed by atoms with Gasteiger partial charge in [-0.05, 0) is 42.0 Å². The van der Waals surface area contributed by atoms with E-state index in [-0.39, 0.29) is 38.9 Å². The Bertz CT molecular complexity index is 1280. The molecule has 4 rings (SSSR count). The summed E-state index contributed by atoms with van der Waals surface area (Å²) in [7, 11) is -3.80. The van der Waals surface area contributed by atoms with Gasteiger partial charge in [0.2, 0.25) is 15.9 Å². The highest BCUT2D eigenvalue weighted by Crippen LogP contribution is 2.40. The van der Waals surface area contributed by atoms with Gasteiger partial charge in [-0.2, -0.15) is 0 Å². The van der Waals surface area contributed by atoms with Crippen molar-refractivity contribution in [1.82, 2.24) is 4.98 Å². The molecule has 2 heterocycles. The summed E-state index contributed by atoms with van der Waals surface area (Å²) in [5, 5.41) is 5.97. The van der Waals surface area contributed by atoms with Gasteiger partial charge in [0.05, 0.1) is 9.92 Å². The Labute approximate surface area is 199 Å². The molecule has 7 nitrogen and oxygen atoms in total. The van der Waals surface area contributed by atoms with Crippen molar-refractivity contribution in [2.75, 3.05) is 11.4 Å². The summed E-state index contributed by atoms with van der Waals surface area (Å²) in [5.41, 5.74) is 1.44. The van der Waals surface area contributed by atoms with Gasteiger partial charge in [0.25, 0.3) is 0 Å². The van der Waals surface area contributed by atoms with E-state index in [9.17, 15) is 13.2 Å². The molecule has 1 aliphatic rings. The zero-order valence-corrected chi connectivity index (χ0v) is 19.4. The van der Waals surface area contributed by atoms with E-state index in [1.165, 1.54) is 24.5 Å². The fourth-order valence-electron chi connectivity index (χ4n) is 3.46. The Balaban J connectivity index is 1.57. The molecule has 1 fully saturated rings. The van der Waals surface area contributed by atoms with Gasteiger partial charge >= 0.3 is 0 Å². The molecule has 0 bridgehead atoms. The number of rotatable bonds is 5. The van der Waals surface area contributed by atoms with Crippen LogP contribution in [0.3, 0.4) is 0 Å². The van der Waals surface area contributed by atoms with Crippen LogP contribution in [-0.2, 0) is 14.8 Å². The number of anilines is 1. The first-order valence-electron chi connectivity index (χ1n) is 9.33. The molecule has 1 atom stereocenters. The monoisotopic (exact) mass is 511 g/mol. The lowest BCUT2D eigenvalue weighted by atomic mass is 9.98. The summed E-state index contributed by atoms with van der Waals surface area (Å²) in [6.45, 7) is 0.408. The molecule has 1 saturated heterocycles. The van der Waals surface area contributed by atoms with Crippen LogP contribution >= 0.6 is 34.8 Å². The molecule has 1 amide bonds. The van der Waals surface area contributed by atoms with Gasteiger partial charge < -0.3 is 9.64 Å². The molecule has 0 radical (unpaired) electrons. The number of sulfonamides is 1. The minimum Gasteiger partial charge on any atom is -0.453 e. The average molecular weight is 513 g/mol. The van der Waals surface area contributed by atoms with E-state index in [4.69, 9.17) is 44.7 Å². The Morgan fingerprint density at radius 1 is 1.00 bits per heavy atom. The largest absolute Gasteiger partial charge is 0.453 e. The first kappa shape index (κ1) is 22.8. The summed E-state index contributed by atoms with van der Waals surface area (Å²) in [4.78, 5) is 18.1. The van der Waals surface area contributed by atoms with Crippen LogP contribution in [0.5, 0.6) is 11.5 Å². The number of nitrogens with zero attached hydrogens (tertiary/aromatic N) is 2. The lowest BCUT2D eigenvalue weighted by Gasteiger charge is -2.18. The number of ether oxygens (including phenoxy) is 1. The van der Waals surface area contributed by atoms with Gasteiger partial charge in [-0.15, -0.1) is 0 Å². The molecule has 0 aliphatic carbocycles. The number of hydrogen-bond acceptors (Lipinski definition) is 5. The van der Waals surface area contributed by atoms with Crippen LogP contribution < -0.4 is 14.8 Å². The number of nitrogens with two attached hydrogens (primary N) is 1. The van der Waals surface area contributed by atoms with Crippen molar-refractivity contribution in [3.8, 4) is 11.5 Å². The number of aromatic nitrogens is 1. The minimum atomic E-state index is -3.80. The van der Waals surface area contributed by atoms with Crippen LogP contribution in [0.4, 0.5) is 5.69 Å². The number of amides is 1. The predicted octanol–water partition coefficient (Wildman–Crippen LogP) is 5.00. The van der Waals surface area contributed by atoms with Crippen molar-refractivity contribution in [1.29, 1.82) is 0 Å². The third kappa shape index (κ3) is 4.69. The number of hydrogen-bond donors (Lipinski definition) is 1. The number of halogens is 3. The summed E-state index contributed by atoms with van der Waals surface area (Å²) in [6.07, 6.45) is 3.10. The molecule has 2 N–H and O–H groups in total. The van der Waals surface area contributed by atoms with Crippen molar-refractivity contribution in [2.24, 2.45) is 5.14 Å². The van der Waals surface area contributed by atoms with Gasteiger partial charge in [0, 0.05) is 37.0 Å². The molecule has 11 heteroatoms. The highest BCUT2D eigenvalue weighted by Gasteiger charge is 2.32. The van der Waals surface area contributed by atoms with Crippen molar-refractivity contribution < 1.29 is 17.9 Å². The third-order valence-electron chi connectivity index (χ3n) is 5.05. The van der Waals surface area contributed by atoms with Gasteiger partial charge in [-0.25, -0.2) is 13.6 Å². The Kier molecular flexibility index (Phi) is 6.33. The Morgan fingerprint density at radius 2 is 1.66 bits per heavy atom. The van der Waals surface area contributed by atoms with E-state index in [0.717, 1.165) is 5.56 Å². The maximum atomic E-state index is 12.7. The highest BCUT2D eigenvalue weighted by atomic mass is 35.5. The zero-order chi connectivity index (χ0) is 23.0. The fraction of sp³-hybridized carbons (Fsp3) is 0.143. The van der Waals surface area contributed by atoms with Crippen LogP contribution in [0.15, 0.2) is 59.8 Å². The number of carbonyl (C=O) groups excluding carboxylic acids is 1. The lowest BCUT2D eigenvalue weighted by molar-refractivity contribution is -0.117. The van der Waals surface area contributed by atoms with Crippen molar-refractivity contribution in [2.45, 2.75) is 17.2 Å². The molecular formula is C21H16Cl3N3O4S. The second-order valence-electron chi connectivity index (χ2n) is 7.17. The first-order valence-corrected chi connectivity index (χ1v) is 12.0. The number of pyridine rings is 1. The Morgan fingerprint density at radius 3 is 2.28 bits per heavy atom.